The maximum atomic E-state index is 10.2. The van der Waals surface area contributed by atoms with Crippen molar-refractivity contribution in [3.05, 3.63) is 12.7 Å². The first-order valence-electron chi connectivity index (χ1n) is 4.97. The molecule has 0 saturated carbocycles. The summed E-state index contributed by atoms with van der Waals surface area (Å²) < 4.78 is 0. The van der Waals surface area contributed by atoms with Crippen LogP contribution in [-0.2, 0) is 37.5 Å². The third-order valence-corrected chi connectivity index (χ3v) is 3.87. The van der Waals surface area contributed by atoms with Gasteiger partial charge >= 0.3 is 0 Å². The molecule has 0 saturated heterocycles. The van der Waals surface area contributed by atoms with Crippen LogP contribution in [0.15, 0.2) is 0 Å². The first-order chi connectivity index (χ1) is 6.77. The van der Waals surface area contributed by atoms with E-state index < -0.39 is 5.91 Å². The zero-order valence-corrected chi connectivity index (χ0v) is 14.2. The smallest absolute Gasteiger partial charge is 0.0488 e. The van der Waals surface area contributed by atoms with Crippen LogP contribution in [0, 0.1) is 6.92 Å². The second-order valence-electron chi connectivity index (χ2n) is 2.52. The van der Waals surface area contributed by atoms with Crippen LogP contribution in [0.2, 0.25) is 0 Å². The third-order valence-electron chi connectivity index (χ3n) is 1.30. The molecule has 0 heterocycles. The maximum absolute atomic E-state index is 10.2. The summed E-state index contributed by atoms with van der Waals surface area (Å²) in [6.07, 6.45) is 3.79. The Balaban J connectivity index is -0.000000449. The van der Waals surface area contributed by atoms with E-state index in [1.165, 1.54) is 18.6 Å². The summed E-state index contributed by atoms with van der Waals surface area (Å²) in [5.74, 6) is 1.77. The van der Waals surface area contributed by atoms with E-state index in [9.17, 15) is 4.79 Å². The standard InChI is InChI=1S/C8H17NOS2.C2H5.Y/c1-2-3-6-11-12-7-4-5-8(9)10;1-2;/h2-7H2,1H3,(H2,9,10);1H2,2H3;/q;-1;/p-1. The predicted octanol–water partition coefficient (Wildman–Crippen LogP) is 4.36. The van der Waals surface area contributed by atoms with E-state index in [1.54, 1.807) is 6.92 Å². The average molecular weight is 324 g/mol. The Bertz CT molecular complexity index is 126. The molecular weight excluding hydrogens is 303 g/mol. The van der Waals surface area contributed by atoms with Gasteiger partial charge in [-0.25, -0.2) is 0 Å². The van der Waals surface area contributed by atoms with E-state index in [2.05, 4.69) is 13.8 Å². The van der Waals surface area contributed by atoms with Crippen molar-refractivity contribution < 1.29 is 37.5 Å². The number of amides is 1. The zero-order valence-electron chi connectivity index (χ0n) is 9.75. The van der Waals surface area contributed by atoms with Crippen LogP contribution in [0.5, 0.6) is 0 Å². The maximum Gasteiger partial charge on any atom is 0.0488 e. The van der Waals surface area contributed by atoms with Crippen molar-refractivity contribution in [3.8, 4) is 0 Å². The van der Waals surface area contributed by atoms with Crippen molar-refractivity contribution in [2.75, 3.05) is 11.5 Å². The number of rotatable bonds is 8. The second kappa shape index (κ2) is 20.7. The Kier molecular flexibility index (Phi) is 29.7. The van der Waals surface area contributed by atoms with Gasteiger partial charge in [-0.2, -0.15) is 6.92 Å². The van der Waals surface area contributed by atoms with Gasteiger partial charge in [-0.15, -0.1) is 0 Å². The molecule has 0 atom stereocenters. The second-order valence-corrected chi connectivity index (χ2v) is 5.23. The summed E-state index contributed by atoms with van der Waals surface area (Å²) in [6, 6.07) is 0. The van der Waals surface area contributed by atoms with Crippen molar-refractivity contribution in [2.45, 2.75) is 39.5 Å². The summed E-state index contributed by atoms with van der Waals surface area (Å²) in [7, 11) is 3.69. The molecule has 1 radical (unpaired) electrons. The number of nitrogens with one attached hydrogen (secondary N) is 1. The van der Waals surface area contributed by atoms with Crippen LogP contribution in [0.3, 0.4) is 0 Å². The number of carbonyl (C=O) groups excluding carboxylic acids is 1. The third kappa shape index (κ3) is 25.5. The molecular formula is C10H21NOS2Y-2. The minimum atomic E-state index is -0.436. The van der Waals surface area contributed by atoms with Crippen molar-refractivity contribution in [3.63, 3.8) is 0 Å². The van der Waals surface area contributed by atoms with Crippen LogP contribution in [0.1, 0.15) is 39.5 Å². The molecule has 0 aliphatic carbocycles. The monoisotopic (exact) mass is 324 g/mol. The Hall–Kier alpha value is 1.27. The zero-order chi connectivity index (χ0) is 11.2. The Morgan fingerprint density at radius 2 is 1.67 bits per heavy atom. The van der Waals surface area contributed by atoms with Gasteiger partial charge in [0, 0.05) is 50.1 Å². The fourth-order valence-electron chi connectivity index (χ4n) is 0.613. The molecule has 0 fully saturated rings. The van der Waals surface area contributed by atoms with E-state index in [1.807, 2.05) is 21.6 Å². The summed E-state index contributed by atoms with van der Waals surface area (Å²) in [5, 5.41) is 0. The van der Waals surface area contributed by atoms with Gasteiger partial charge in [-0.1, -0.05) is 34.9 Å². The molecule has 0 rings (SSSR count). The van der Waals surface area contributed by atoms with Crippen LogP contribution < -0.4 is 0 Å². The van der Waals surface area contributed by atoms with E-state index in [0.29, 0.717) is 6.42 Å². The minimum absolute atomic E-state index is 0. The normalized spacial score (nSPS) is 8.47. The number of carbonyl (C=O) groups is 1. The largest absolute Gasteiger partial charge is 0.668 e. The van der Waals surface area contributed by atoms with Crippen molar-refractivity contribution in [2.24, 2.45) is 0 Å². The Morgan fingerprint density at radius 3 is 2.07 bits per heavy atom. The first-order valence-corrected chi connectivity index (χ1v) is 7.45. The molecule has 0 bridgehead atoms. The van der Waals surface area contributed by atoms with Crippen LogP contribution in [0.25, 0.3) is 5.73 Å². The Labute approximate surface area is 128 Å². The molecule has 2 nitrogen and oxygen atoms in total. The van der Waals surface area contributed by atoms with Gasteiger partial charge in [-0.05, 0) is 19.3 Å². The number of unbranched alkanes of at least 4 members (excludes halogenated alkanes) is 1. The molecule has 1 N–H and O–H groups in total. The van der Waals surface area contributed by atoms with Crippen LogP contribution >= 0.6 is 21.6 Å². The molecule has 5 heteroatoms. The SMILES string of the molecule is CCCCSSCCCC([NH-])=O.[CH2-]C.[Y]. The quantitative estimate of drug-likeness (QED) is 0.378. The molecule has 0 aromatic rings. The molecule has 89 valence electrons. The molecule has 15 heavy (non-hydrogen) atoms. The van der Waals surface area contributed by atoms with Gasteiger partial charge in [0.1, 0.15) is 0 Å². The Morgan fingerprint density at radius 1 is 1.20 bits per heavy atom. The molecule has 0 aliphatic rings. The summed E-state index contributed by atoms with van der Waals surface area (Å²) in [6.45, 7) is 7.18. The molecule has 1 amide bonds. The van der Waals surface area contributed by atoms with Crippen molar-refractivity contribution in [1.82, 2.24) is 0 Å². The molecule has 0 spiro atoms. The fraction of sp³-hybridized carbons (Fsp3) is 0.800. The van der Waals surface area contributed by atoms with Crippen LogP contribution in [0.4, 0.5) is 0 Å². The topological polar surface area (TPSA) is 40.9 Å². The summed E-state index contributed by atoms with van der Waals surface area (Å²) in [5.41, 5.74) is 6.67. The molecule has 0 aromatic carbocycles. The van der Waals surface area contributed by atoms with Gasteiger partial charge in [0.05, 0.1) is 0 Å². The van der Waals surface area contributed by atoms with Gasteiger partial charge in [0.15, 0.2) is 0 Å². The summed E-state index contributed by atoms with van der Waals surface area (Å²) >= 11 is 0. The summed E-state index contributed by atoms with van der Waals surface area (Å²) in [4.78, 5) is 10.2. The number of hydrogen-bond acceptors (Lipinski definition) is 3. The first kappa shape index (κ1) is 21.5. The number of hydrogen-bond donors (Lipinski definition) is 0. The molecule has 0 aliphatic heterocycles. The van der Waals surface area contributed by atoms with Gasteiger partial charge < -0.3 is 17.5 Å². The predicted molar refractivity (Wildman–Crippen MR) is 69.4 cm³/mol. The fourth-order valence-corrected chi connectivity index (χ4v) is 2.93. The van der Waals surface area contributed by atoms with Gasteiger partial charge in [0.25, 0.3) is 0 Å². The van der Waals surface area contributed by atoms with E-state index in [4.69, 9.17) is 5.73 Å². The minimum Gasteiger partial charge on any atom is -0.668 e. The van der Waals surface area contributed by atoms with Crippen molar-refractivity contribution in [1.29, 1.82) is 0 Å². The molecule has 0 aromatic heterocycles. The van der Waals surface area contributed by atoms with E-state index in [-0.39, 0.29) is 32.7 Å². The van der Waals surface area contributed by atoms with Crippen LogP contribution in [-0.4, -0.2) is 17.4 Å². The van der Waals surface area contributed by atoms with Crippen molar-refractivity contribution >= 4 is 27.5 Å². The van der Waals surface area contributed by atoms with Gasteiger partial charge in [0.2, 0.25) is 0 Å². The molecule has 0 unspecified atom stereocenters. The van der Waals surface area contributed by atoms with E-state index >= 15 is 0 Å². The average Bonchev–Trinajstić information content (AvgIpc) is 2.19. The van der Waals surface area contributed by atoms with Gasteiger partial charge in [-0.3, -0.25) is 0 Å². The van der Waals surface area contributed by atoms with E-state index in [0.717, 1.165) is 12.2 Å².